The first-order valence-electron chi connectivity index (χ1n) is 8.53. The van der Waals surface area contributed by atoms with Gasteiger partial charge in [-0.05, 0) is 38.3 Å². The van der Waals surface area contributed by atoms with E-state index in [2.05, 4.69) is 20.6 Å². The monoisotopic (exact) mass is 356 g/mol. The van der Waals surface area contributed by atoms with Gasteiger partial charge in [0.25, 0.3) is 0 Å². The van der Waals surface area contributed by atoms with Crippen LogP contribution in [0.2, 0.25) is 0 Å². The first kappa shape index (κ1) is 19.4. The van der Waals surface area contributed by atoms with E-state index in [1.54, 1.807) is 6.92 Å². The lowest BCUT2D eigenvalue weighted by Crippen LogP contribution is -2.43. The molecule has 0 bridgehead atoms. The normalized spacial score (nSPS) is 11.6. The molecular weight excluding hydrogens is 332 g/mol. The molecule has 3 N–H and O–H groups in total. The maximum absolute atomic E-state index is 12.2. The van der Waals surface area contributed by atoms with E-state index in [-0.39, 0.29) is 25.0 Å². The second-order valence-electron chi connectivity index (χ2n) is 6.19. The predicted octanol–water partition coefficient (Wildman–Crippen LogP) is 2.37. The molecular formula is C19H24N4O3. The molecule has 138 valence electrons. The van der Waals surface area contributed by atoms with Crippen molar-refractivity contribution in [1.29, 1.82) is 0 Å². The van der Waals surface area contributed by atoms with Gasteiger partial charge in [0.2, 0.25) is 0 Å². The molecule has 0 radical (unpaired) electrons. The van der Waals surface area contributed by atoms with E-state index in [1.165, 1.54) is 0 Å². The van der Waals surface area contributed by atoms with Crippen LogP contribution in [0.4, 0.5) is 4.79 Å². The van der Waals surface area contributed by atoms with Gasteiger partial charge in [-0.25, -0.2) is 14.8 Å². The van der Waals surface area contributed by atoms with Crippen molar-refractivity contribution in [2.75, 3.05) is 0 Å². The number of carboxylic acids is 1. The molecule has 7 nitrogen and oxygen atoms in total. The number of amides is 2. The fraction of sp³-hybridized carbons (Fsp3) is 0.368. The highest BCUT2D eigenvalue weighted by molar-refractivity contribution is 5.74. The molecule has 0 aliphatic heterocycles. The van der Waals surface area contributed by atoms with Crippen molar-refractivity contribution >= 4 is 12.0 Å². The molecule has 2 aromatic rings. The van der Waals surface area contributed by atoms with Gasteiger partial charge in [0, 0.05) is 18.2 Å². The zero-order chi connectivity index (χ0) is 18.9. The summed E-state index contributed by atoms with van der Waals surface area (Å²) in [4.78, 5) is 31.6. The van der Waals surface area contributed by atoms with E-state index >= 15 is 0 Å². The van der Waals surface area contributed by atoms with Gasteiger partial charge in [-0.2, -0.15) is 0 Å². The number of carbonyl (C=O) groups excluding carboxylic acids is 1. The predicted molar refractivity (Wildman–Crippen MR) is 97.7 cm³/mol. The molecule has 1 heterocycles. The van der Waals surface area contributed by atoms with Gasteiger partial charge in [-0.1, -0.05) is 30.3 Å². The van der Waals surface area contributed by atoms with Crippen molar-refractivity contribution in [2.24, 2.45) is 0 Å². The molecule has 1 aromatic heterocycles. The van der Waals surface area contributed by atoms with Gasteiger partial charge in [-0.3, -0.25) is 4.79 Å². The SMILES string of the molecule is Cc1cc(CNC(=O)NC(CCC(=O)O)Cc2ccccc2)nc(C)n1. The maximum Gasteiger partial charge on any atom is 0.315 e. The number of urea groups is 1. The van der Waals surface area contributed by atoms with E-state index < -0.39 is 5.97 Å². The highest BCUT2D eigenvalue weighted by Crippen LogP contribution is 2.08. The van der Waals surface area contributed by atoms with Crippen molar-refractivity contribution in [3.63, 3.8) is 0 Å². The molecule has 0 aliphatic rings. The van der Waals surface area contributed by atoms with E-state index in [9.17, 15) is 9.59 Å². The Labute approximate surface area is 152 Å². The summed E-state index contributed by atoms with van der Waals surface area (Å²) in [5.74, 6) is -0.220. The Morgan fingerprint density at radius 3 is 2.54 bits per heavy atom. The number of hydrogen-bond acceptors (Lipinski definition) is 4. The van der Waals surface area contributed by atoms with Crippen LogP contribution in [0.1, 0.15) is 35.6 Å². The minimum Gasteiger partial charge on any atom is -0.481 e. The molecule has 2 amide bonds. The largest absolute Gasteiger partial charge is 0.481 e. The second kappa shape index (κ2) is 9.50. The average Bonchev–Trinajstić information content (AvgIpc) is 2.58. The quantitative estimate of drug-likeness (QED) is 0.673. The van der Waals surface area contributed by atoms with Crippen LogP contribution in [0.5, 0.6) is 0 Å². The van der Waals surface area contributed by atoms with E-state index in [1.807, 2.05) is 43.3 Å². The molecule has 26 heavy (non-hydrogen) atoms. The lowest BCUT2D eigenvalue weighted by molar-refractivity contribution is -0.137. The number of benzene rings is 1. The molecule has 2 rings (SSSR count). The summed E-state index contributed by atoms with van der Waals surface area (Å²) in [5.41, 5.74) is 2.62. The Balaban J connectivity index is 1.92. The zero-order valence-electron chi connectivity index (χ0n) is 15.0. The van der Waals surface area contributed by atoms with Crippen molar-refractivity contribution in [3.8, 4) is 0 Å². The van der Waals surface area contributed by atoms with Gasteiger partial charge in [-0.15, -0.1) is 0 Å². The Morgan fingerprint density at radius 1 is 1.15 bits per heavy atom. The van der Waals surface area contributed by atoms with Crippen LogP contribution in [-0.2, 0) is 17.8 Å². The molecule has 0 aliphatic carbocycles. The fourth-order valence-corrected chi connectivity index (χ4v) is 2.71. The average molecular weight is 356 g/mol. The summed E-state index contributed by atoms with van der Waals surface area (Å²) >= 11 is 0. The third kappa shape index (κ3) is 6.88. The summed E-state index contributed by atoms with van der Waals surface area (Å²) in [6, 6.07) is 10.9. The first-order valence-corrected chi connectivity index (χ1v) is 8.53. The summed E-state index contributed by atoms with van der Waals surface area (Å²) < 4.78 is 0. The number of rotatable bonds is 8. The van der Waals surface area contributed by atoms with Crippen LogP contribution in [0.15, 0.2) is 36.4 Å². The van der Waals surface area contributed by atoms with E-state index in [4.69, 9.17) is 5.11 Å². The lowest BCUT2D eigenvalue weighted by Gasteiger charge is -2.18. The molecule has 1 atom stereocenters. The number of aromatic nitrogens is 2. The lowest BCUT2D eigenvalue weighted by atomic mass is 10.0. The summed E-state index contributed by atoms with van der Waals surface area (Å²) in [6.45, 7) is 3.96. The topological polar surface area (TPSA) is 104 Å². The highest BCUT2D eigenvalue weighted by Gasteiger charge is 2.15. The standard InChI is InChI=1S/C19H24N4O3/c1-13-10-17(22-14(2)21-13)12-20-19(26)23-16(8-9-18(24)25)11-15-6-4-3-5-7-15/h3-7,10,16H,8-9,11-12H2,1-2H3,(H,24,25)(H2,20,23,26). The Bertz CT molecular complexity index is 729. The minimum absolute atomic E-state index is 0.00206. The Morgan fingerprint density at radius 2 is 1.88 bits per heavy atom. The van der Waals surface area contributed by atoms with Crippen LogP contribution in [-0.4, -0.2) is 33.1 Å². The number of carbonyl (C=O) groups is 2. The number of nitrogens with one attached hydrogen (secondary N) is 2. The number of carboxylic acid groups (broad SMARTS) is 1. The van der Waals surface area contributed by atoms with Crippen molar-refractivity contribution in [1.82, 2.24) is 20.6 Å². The molecule has 0 spiro atoms. The smallest absolute Gasteiger partial charge is 0.315 e. The number of aliphatic carboxylic acids is 1. The van der Waals surface area contributed by atoms with Crippen LogP contribution < -0.4 is 10.6 Å². The van der Waals surface area contributed by atoms with Crippen molar-refractivity contribution in [2.45, 2.75) is 45.7 Å². The van der Waals surface area contributed by atoms with Crippen molar-refractivity contribution < 1.29 is 14.7 Å². The minimum atomic E-state index is -0.878. The number of hydrogen-bond donors (Lipinski definition) is 3. The molecule has 0 fully saturated rings. The van der Waals surface area contributed by atoms with Gasteiger partial charge < -0.3 is 15.7 Å². The van der Waals surface area contributed by atoms with Gasteiger partial charge in [0.1, 0.15) is 5.82 Å². The van der Waals surface area contributed by atoms with E-state index in [0.717, 1.165) is 17.0 Å². The highest BCUT2D eigenvalue weighted by atomic mass is 16.4. The summed E-state index contributed by atoms with van der Waals surface area (Å²) in [6.07, 6.45) is 0.943. The van der Waals surface area contributed by atoms with Gasteiger partial charge in [0.05, 0.1) is 12.2 Å². The van der Waals surface area contributed by atoms with Crippen molar-refractivity contribution in [3.05, 3.63) is 59.2 Å². The van der Waals surface area contributed by atoms with Gasteiger partial charge >= 0.3 is 12.0 Å². The molecule has 1 aromatic carbocycles. The Kier molecular flexibility index (Phi) is 7.08. The fourth-order valence-electron chi connectivity index (χ4n) is 2.71. The summed E-state index contributed by atoms with van der Waals surface area (Å²) in [5, 5.41) is 14.6. The summed E-state index contributed by atoms with van der Waals surface area (Å²) in [7, 11) is 0. The van der Waals surface area contributed by atoms with Crippen LogP contribution in [0, 0.1) is 13.8 Å². The zero-order valence-corrected chi connectivity index (χ0v) is 15.0. The van der Waals surface area contributed by atoms with Crippen LogP contribution >= 0.6 is 0 Å². The van der Waals surface area contributed by atoms with Crippen LogP contribution in [0.3, 0.4) is 0 Å². The molecule has 1 unspecified atom stereocenters. The Hall–Kier alpha value is -2.96. The number of aryl methyl sites for hydroxylation is 2. The first-order chi connectivity index (χ1) is 12.4. The second-order valence-corrected chi connectivity index (χ2v) is 6.19. The van der Waals surface area contributed by atoms with E-state index in [0.29, 0.717) is 18.7 Å². The maximum atomic E-state index is 12.2. The van der Waals surface area contributed by atoms with Crippen LogP contribution in [0.25, 0.3) is 0 Å². The third-order valence-electron chi connectivity index (χ3n) is 3.82. The number of nitrogens with zero attached hydrogens (tertiary/aromatic N) is 2. The third-order valence-corrected chi connectivity index (χ3v) is 3.82. The molecule has 0 saturated heterocycles. The molecule has 7 heteroatoms. The molecule has 0 saturated carbocycles. The van der Waals surface area contributed by atoms with Gasteiger partial charge in [0.15, 0.2) is 0 Å².